The highest BCUT2D eigenvalue weighted by Crippen LogP contribution is 2.78. The van der Waals surface area contributed by atoms with E-state index in [2.05, 4.69) is 13.8 Å². The third-order valence-corrected chi connectivity index (χ3v) is 6.51. The first-order chi connectivity index (χ1) is 9.17. The van der Waals surface area contributed by atoms with Crippen LogP contribution in [0.3, 0.4) is 0 Å². The Labute approximate surface area is 117 Å². The first-order valence-electron chi connectivity index (χ1n) is 7.30. The number of aliphatic hydroxyl groups is 1. The molecule has 4 aliphatic rings. The van der Waals surface area contributed by atoms with Crippen LogP contribution >= 0.6 is 0 Å². The average Bonchev–Trinajstić information content (AvgIpc) is 2.77. The van der Waals surface area contributed by atoms with Gasteiger partial charge in [0.15, 0.2) is 5.60 Å². The molecule has 2 saturated carbocycles. The zero-order valence-corrected chi connectivity index (χ0v) is 12.1. The van der Waals surface area contributed by atoms with Gasteiger partial charge in [-0.1, -0.05) is 20.8 Å². The first-order valence-corrected chi connectivity index (χ1v) is 7.30. The molecule has 0 radical (unpaired) electrons. The van der Waals surface area contributed by atoms with Crippen molar-refractivity contribution in [3.63, 3.8) is 0 Å². The van der Waals surface area contributed by atoms with Crippen molar-refractivity contribution in [1.82, 2.24) is 0 Å². The Kier molecular flexibility index (Phi) is 1.93. The van der Waals surface area contributed by atoms with Crippen LogP contribution in [0, 0.1) is 22.2 Å². The molecule has 20 heavy (non-hydrogen) atoms. The summed E-state index contributed by atoms with van der Waals surface area (Å²) in [6, 6.07) is 0. The van der Waals surface area contributed by atoms with Crippen LogP contribution in [-0.2, 0) is 19.1 Å². The van der Waals surface area contributed by atoms with Gasteiger partial charge >= 0.3 is 11.9 Å². The van der Waals surface area contributed by atoms with Crippen LogP contribution in [-0.4, -0.2) is 28.9 Å². The molecule has 0 amide bonds. The summed E-state index contributed by atoms with van der Waals surface area (Å²) in [5, 5.41) is 11.1. The lowest BCUT2D eigenvalue weighted by Crippen LogP contribution is -2.61. The molecule has 5 atom stereocenters. The number of hydrogen-bond donors (Lipinski definition) is 1. The van der Waals surface area contributed by atoms with Crippen LogP contribution in [0.1, 0.15) is 46.5 Å². The second-order valence-corrected chi connectivity index (χ2v) is 7.95. The molecule has 4 fully saturated rings. The van der Waals surface area contributed by atoms with E-state index in [-0.39, 0.29) is 23.7 Å². The fourth-order valence-corrected chi connectivity index (χ4v) is 6.29. The molecule has 2 saturated heterocycles. The van der Waals surface area contributed by atoms with E-state index in [4.69, 9.17) is 9.47 Å². The number of ether oxygens (including phenoxy) is 2. The Morgan fingerprint density at radius 2 is 1.90 bits per heavy atom. The summed E-state index contributed by atoms with van der Waals surface area (Å²) in [4.78, 5) is 24.2. The molecule has 0 aromatic heterocycles. The molecule has 5 nitrogen and oxygen atoms in total. The smallest absolute Gasteiger partial charge is 0.342 e. The highest BCUT2D eigenvalue weighted by molar-refractivity contribution is 5.86. The van der Waals surface area contributed by atoms with Gasteiger partial charge in [0.1, 0.15) is 0 Å². The van der Waals surface area contributed by atoms with Crippen molar-refractivity contribution in [2.24, 2.45) is 22.2 Å². The highest BCUT2D eigenvalue weighted by atomic mass is 16.7. The van der Waals surface area contributed by atoms with E-state index in [1.54, 1.807) is 0 Å². The monoisotopic (exact) mass is 280 g/mol. The maximum atomic E-state index is 12.3. The van der Waals surface area contributed by atoms with Crippen molar-refractivity contribution >= 4 is 11.9 Å². The molecule has 110 valence electrons. The minimum Gasteiger partial charge on any atom is -0.424 e. The quantitative estimate of drug-likeness (QED) is 0.679. The normalized spacial score (nSPS) is 55.2. The van der Waals surface area contributed by atoms with Crippen molar-refractivity contribution in [3.05, 3.63) is 0 Å². The highest BCUT2D eigenvalue weighted by Gasteiger charge is 2.86. The topological polar surface area (TPSA) is 72.8 Å². The number of carbonyl (C=O) groups excluding carboxylic acids is 2. The summed E-state index contributed by atoms with van der Waals surface area (Å²) in [5.74, 6) is -0.804. The van der Waals surface area contributed by atoms with Crippen LogP contribution in [0.2, 0.25) is 0 Å². The van der Waals surface area contributed by atoms with E-state index in [1.807, 2.05) is 6.92 Å². The van der Waals surface area contributed by atoms with E-state index in [0.29, 0.717) is 6.42 Å². The number of carbonyl (C=O) groups is 2. The van der Waals surface area contributed by atoms with Gasteiger partial charge in [-0.05, 0) is 36.0 Å². The standard InChI is InChI=1S/C15H20O5/c1-12(2)7-13(3)6-9(16)19-11-15(13)8(12)4-5-14(15,18)10(17)20-11/h8,11,18H,4-7H2,1-3H3/t8-,11-,13-,14+,15+/m0/s1. The summed E-state index contributed by atoms with van der Waals surface area (Å²) in [6.07, 6.45) is 1.32. The first kappa shape index (κ1) is 12.6. The van der Waals surface area contributed by atoms with Gasteiger partial charge < -0.3 is 14.6 Å². The minimum absolute atomic E-state index is 0.0422. The molecule has 0 unspecified atom stereocenters. The fraction of sp³-hybridized carbons (Fsp3) is 0.867. The lowest BCUT2D eigenvalue weighted by Gasteiger charge is -2.49. The van der Waals surface area contributed by atoms with Gasteiger partial charge in [0.05, 0.1) is 11.8 Å². The molecule has 1 N–H and O–H groups in total. The van der Waals surface area contributed by atoms with E-state index in [0.717, 1.165) is 12.8 Å². The van der Waals surface area contributed by atoms with Crippen molar-refractivity contribution < 1.29 is 24.2 Å². The Hall–Kier alpha value is -1.10. The minimum atomic E-state index is -1.49. The largest absolute Gasteiger partial charge is 0.424 e. The van der Waals surface area contributed by atoms with Crippen molar-refractivity contribution in [1.29, 1.82) is 0 Å². The average molecular weight is 280 g/mol. The molecule has 0 bridgehead atoms. The van der Waals surface area contributed by atoms with E-state index < -0.39 is 28.7 Å². The SMILES string of the molecule is CC1(C)C[C@]2(C)CC(=O)O[C@H]3OC(=O)[C@]4(O)CC[C@@H]1[C@@]324. The second kappa shape index (κ2) is 3.06. The number of esters is 2. The van der Waals surface area contributed by atoms with Crippen molar-refractivity contribution in [2.45, 2.75) is 58.3 Å². The molecule has 0 aromatic rings. The van der Waals surface area contributed by atoms with E-state index >= 15 is 0 Å². The number of hydrogen-bond acceptors (Lipinski definition) is 5. The Bertz CT molecular complexity index is 540. The zero-order chi connectivity index (χ0) is 14.6. The van der Waals surface area contributed by atoms with Gasteiger partial charge in [0, 0.05) is 0 Å². The van der Waals surface area contributed by atoms with Crippen molar-refractivity contribution in [3.8, 4) is 0 Å². The summed E-state index contributed by atoms with van der Waals surface area (Å²) >= 11 is 0. The van der Waals surface area contributed by atoms with Gasteiger partial charge in [-0.3, -0.25) is 4.79 Å². The van der Waals surface area contributed by atoms with Crippen LogP contribution in [0.25, 0.3) is 0 Å². The van der Waals surface area contributed by atoms with E-state index in [1.165, 1.54) is 0 Å². The Morgan fingerprint density at radius 1 is 1.20 bits per heavy atom. The summed E-state index contributed by atoms with van der Waals surface area (Å²) in [7, 11) is 0. The van der Waals surface area contributed by atoms with Crippen LogP contribution in [0.5, 0.6) is 0 Å². The molecular weight excluding hydrogens is 260 g/mol. The summed E-state index contributed by atoms with van der Waals surface area (Å²) in [6.45, 7) is 6.33. The fourth-order valence-electron chi connectivity index (χ4n) is 6.29. The molecule has 2 heterocycles. The summed E-state index contributed by atoms with van der Waals surface area (Å²) < 4.78 is 10.7. The maximum absolute atomic E-state index is 12.3. The lowest BCUT2D eigenvalue weighted by molar-refractivity contribution is -0.240. The second-order valence-electron chi connectivity index (χ2n) is 7.95. The molecule has 2 aliphatic carbocycles. The zero-order valence-electron chi connectivity index (χ0n) is 12.1. The van der Waals surface area contributed by atoms with Crippen LogP contribution in [0.15, 0.2) is 0 Å². The van der Waals surface area contributed by atoms with Gasteiger partial charge in [-0.2, -0.15) is 0 Å². The molecule has 0 aromatic carbocycles. The van der Waals surface area contributed by atoms with Gasteiger partial charge in [-0.25, -0.2) is 4.79 Å². The molecule has 4 rings (SSSR count). The van der Waals surface area contributed by atoms with Gasteiger partial charge in [0.2, 0.25) is 0 Å². The van der Waals surface area contributed by atoms with Gasteiger partial charge in [0.25, 0.3) is 6.29 Å². The Balaban J connectivity index is 2.01. The van der Waals surface area contributed by atoms with E-state index in [9.17, 15) is 14.7 Å². The molecule has 2 aliphatic heterocycles. The number of rotatable bonds is 0. The lowest BCUT2D eigenvalue weighted by atomic mass is 9.56. The predicted octanol–water partition coefficient (Wildman–Crippen LogP) is 1.38. The third kappa shape index (κ3) is 0.984. The van der Waals surface area contributed by atoms with Crippen molar-refractivity contribution in [2.75, 3.05) is 0 Å². The third-order valence-electron chi connectivity index (χ3n) is 6.51. The van der Waals surface area contributed by atoms with Crippen LogP contribution < -0.4 is 0 Å². The molecule has 1 spiro atoms. The molecule has 5 heteroatoms. The maximum Gasteiger partial charge on any atom is 0.342 e. The van der Waals surface area contributed by atoms with Gasteiger partial charge in [-0.15, -0.1) is 0 Å². The van der Waals surface area contributed by atoms with Crippen LogP contribution in [0.4, 0.5) is 0 Å². The summed E-state index contributed by atoms with van der Waals surface area (Å²) in [5.41, 5.74) is -2.75. The Morgan fingerprint density at radius 3 is 2.60 bits per heavy atom. The predicted molar refractivity (Wildman–Crippen MR) is 67.2 cm³/mol. The molecular formula is C15H20O5.